The van der Waals surface area contributed by atoms with Crippen LogP contribution in [0, 0.1) is 6.92 Å². The third-order valence-electron chi connectivity index (χ3n) is 2.94. The molecular formula is C14H12BrN3. The largest absolute Gasteiger partial charge is 0.383 e. The molecule has 3 aromatic rings. The molecule has 0 bridgehead atoms. The quantitative estimate of drug-likeness (QED) is 0.745. The fraction of sp³-hybridized carbons (Fsp3) is 0.0714. The number of fused-ring (bicyclic) bond motifs is 1. The van der Waals surface area contributed by atoms with Crippen molar-refractivity contribution in [3.8, 4) is 11.3 Å². The summed E-state index contributed by atoms with van der Waals surface area (Å²) in [7, 11) is 0. The van der Waals surface area contributed by atoms with Gasteiger partial charge in [0.25, 0.3) is 0 Å². The first-order valence-corrected chi connectivity index (χ1v) is 6.44. The maximum absolute atomic E-state index is 6.15. The Morgan fingerprint density at radius 2 is 1.89 bits per heavy atom. The summed E-state index contributed by atoms with van der Waals surface area (Å²) >= 11 is 3.42. The van der Waals surface area contributed by atoms with Gasteiger partial charge in [-0.3, -0.25) is 4.40 Å². The van der Waals surface area contributed by atoms with E-state index in [-0.39, 0.29) is 0 Å². The predicted molar refractivity (Wildman–Crippen MR) is 77.5 cm³/mol. The van der Waals surface area contributed by atoms with Crippen molar-refractivity contribution < 1.29 is 0 Å². The number of halogens is 1. The van der Waals surface area contributed by atoms with Gasteiger partial charge in [-0.2, -0.15) is 0 Å². The summed E-state index contributed by atoms with van der Waals surface area (Å²) in [5.41, 5.74) is 10.1. The Labute approximate surface area is 113 Å². The fourth-order valence-corrected chi connectivity index (χ4v) is 2.25. The molecule has 0 atom stereocenters. The highest BCUT2D eigenvalue weighted by Gasteiger charge is 2.10. The number of imidazole rings is 1. The van der Waals surface area contributed by atoms with Crippen LogP contribution >= 0.6 is 15.9 Å². The minimum absolute atomic E-state index is 0.673. The van der Waals surface area contributed by atoms with E-state index in [1.165, 1.54) is 5.56 Å². The Bertz CT molecular complexity index is 714. The molecule has 0 aliphatic carbocycles. The van der Waals surface area contributed by atoms with Crippen LogP contribution in [-0.4, -0.2) is 9.38 Å². The maximum atomic E-state index is 6.15. The molecule has 0 saturated heterocycles. The highest BCUT2D eigenvalue weighted by molar-refractivity contribution is 9.10. The van der Waals surface area contributed by atoms with Gasteiger partial charge in [0.15, 0.2) is 0 Å². The van der Waals surface area contributed by atoms with Crippen LogP contribution in [0.1, 0.15) is 5.56 Å². The molecule has 2 aromatic heterocycles. The second-order valence-corrected chi connectivity index (χ2v) is 5.20. The van der Waals surface area contributed by atoms with E-state index in [4.69, 9.17) is 5.73 Å². The van der Waals surface area contributed by atoms with Gasteiger partial charge in [0.1, 0.15) is 17.2 Å². The van der Waals surface area contributed by atoms with Crippen LogP contribution < -0.4 is 5.73 Å². The van der Waals surface area contributed by atoms with Crippen molar-refractivity contribution in [2.24, 2.45) is 0 Å². The highest BCUT2D eigenvalue weighted by Crippen LogP contribution is 2.27. The van der Waals surface area contributed by atoms with Crippen LogP contribution in [0.3, 0.4) is 0 Å². The Hall–Kier alpha value is -1.81. The van der Waals surface area contributed by atoms with Gasteiger partial charge in [-0.15, -0.1) is 0 Å². The van der Waals surface area contributed by atoms with E-state index in [2.05, 4.69) is 20.9 Å². The van der Waals surface area contributed by atoms with Crippen LogP contribution in [0.5, 0.6) is 0 Å². The zero-order valence-corrected chi connectivity index (χ0v) is 11.5. The average molecular weight is 302 g/mol. The smallest absolute Gasteiger partial charge is 0.139 e. The summed E-state index contributed by atoms with van der Waals surface area (Å²) in [6.07, 6.45) is 1.95. The molecular weight excluding hydrogens is 290 g/mol. The third kappa shape index (κ3) is 1.78. The summed E-state index contributed by atoms with van der Waals surface area (Å²) in [6, 6.07) is 12.0. The standard InChI is InChI=1S/C14H12BrN3/c1-9-6-7-18-12(8-9)17-13(14(18)16)10-2-4-11(15)5-3-10/h2-8H,16H2,1H3. The second kappa shape index (κ2) is 4.14. The lowest BCUT2D eigenvalue weighted by Crippen LogP contribution is -1.93. The lowest BCUT2D eigenvalue weighted by molar-refractivity contribution is 1.18. The van der Waals surface area contributed by atoms with Crippen LogP contribution in [0.25, 0.3) is 16.9 Å². The van der Waals surface area contributed by atoms with Gasteiger partial charge in [-0.05, 0) is 36.8 Å². The lowest BCUT2D eigenvalue weighted by Gasteiger charge is -1.99. The van der Waals surface area contributed by atoms with Gasteiger partial charge in [-0.25, -0.2) is 4.98 Å². The number of rotatable bonds is 1. The molecule has 0 spiro atoms. The van der Waals surface area contributed by atoms with Crippen LogP contribution in [0.2, 0.25) is 0 Å². The number of hydrogen-bond acceptors (Lipinski definition) is 2. The van der Waals surface area contributed by atoms with Gasteiger partial charge >= 0.3 is 0 Å². The van der Waals surface area contributed by atoms with Crippen molar-refractivity contribution in [1.29, 1.82) is 0 Å². The van der Waals surface area contributed by atoms with Crippen LogP contribution in [0.4, 0.5) is 5.82 Å². The monoisotopic (exact) mass is 301 g/mol. The number of nitrogens with two attached hydrogens (primary N) is 1. The molecule has 2 N–H and O–H groups in total. The number of pyridine rings is 1. The first-order chi connectivity index (χ1) is 8.65. The number of anilines is 1. The first kappa shape index (κ1) is 11.3. The molecule has 0 unspecified atom stereocenters. The topological polar surface area (TPSA) is 43.3 Å². The van der Waals surface area contributed by atoms with Gasteiger partial charge in [0.05, 0.1) is 0 Å². The minimum Gasteiger partial charge on any atom is -0.383 e. The molecule has 1 aromatic carbocycles. The Kier molecular flexibility index (Phi) is 2.59. The molecule has 0 aliphatic heterocycles. The molecule has 2 heterocycles. The fourth-order valence-electron chi connectivity index (χ4n) is 1.99. The van der Waals surface area contributed by atoms with E-state index in [1.54, 1.807) is 0 Å². The molecule has 0 fully saturated rings. The van der Waals surface area contributed by atoms with Gasteiger partial charge in [0, 0.05) is 16.2 Å². The van der Waals surface area contributed by atoms with E-state index in [0.29, 0.717) is 5.82 Å². The van der Waals surface area contributed by atoms with Crippen molar-refractivity contribution >= 4 is 27.4 Å². The Morgan fingerprint density at radius 3 is 2.61 bits per heavy atom. The van der Waals surface area contributed by atoms with Crippen molar-refractivity contribution in [3.05, 3.63) is 52.6 Å². The number of aromatic nitrogens is 2. The van der Waals surface area contributed by atoms with E-state index >= 15 is 0 Å². The second-order valence-electron chi connectivity index (χ2n) is 4.28. The number of hydrogen-bond donors (Lipinski definition) is 1. The molecule has 3 nitrogen and oxygen atoms in total. The summed E-state index contributed by atoms with van der Waals surface area (Å²) in [5.74, 6) is 0.673. The Morgan fingerprint density at radius 1 is 1.17 bits per heavy atom. The summed E-state index contributed by atoms with van der Waals surface area (Å²) in [4.78, 5) is 4.60. The molecule has 90 valence electrons. The molecule has 0 amide bonds. The van der Waals surface area contributed by atoms with Crippen molar-refractivity contribution in [3.63, 3.8) is 0 Å². The van der Waals surface area contributed by atoms with E-state index < -0.39 is 0 Å². The van der Waals surface area contributed by atoms with Gasteiger partial charge in [-0.1, -0.05) is 28.1 Å². The molecule has 0 radical (unpaired) electrons. The number of benzene rings is 1. The Balaban J connectivity index is 2.23. The first-order valence-electron chi connectivity index (χ1n) is 5.65. The molecule has 4 heteroatoms. The van der Waals surface area contributed by atoms with Crippen LogP contribution in [0.15, 0.2) is 47.1 Å². The molecule has 0 aliphatic rings. The highest BCUT2D eigenvalue weighted by atomic mass is 79.9. The van der Waals surface area contributed by atoms with Crippen LogP contribution in [-0.2, 0) is 0 Å². The predicted octanol–water partition coefficient (Wildman–Crippen LogP) is 3.65. The molecule has 0 saturated carbocycles. The van der Waals surface area contributed by atoms with Gasteiger partial charge < -0.3 is 5.73 Å². The SMILES string of the molecule is Cc1ccn2c(N)c(-c3ccc(Br)cc3)nc2c1. The maximum Gasteiger partial charge on any atom is 0.139 e. The zero-order valence-electron chi connectivity index (χ0n) is 9.89. The normalized spacial score (nSPS) is 11.0. The summed E-state index contributed by atoms with van der Waals surface area (Å²) in [5, 5.41) is 0. The number of nitrogens with zero attached hydrogens (tertiary/aromatic N) is 2. The summed E-state index contributed by atoms with van der Waals surface area (Å²) in [6.45, 7) is 2.05. The number of aryl methyl sites for hydroxylation is 1. The van der Waals surface area contributed by atoms with Crippen molar-refractivity contribution in [2.45, 2.75) is 6.92 Å². The van der Waals surface area contributed by atoms with E-state index in [1.807, 2.05) is 53.9 Å². The van der Waals surface area contributed by atoms with Crippen molar-refractivity contribution in [2.75, 3.05) is 5.73 Å². The van der Waals surface area contributed by atoms with E-state index in [9.17, 15) is 0 Å². The lowest BCUT2D eigenvalue weighted by atomic mass is 10.1. The molecule has 18 heavy (non-hydrogen) atoms. The molecule has 3 rings (SSSR count). The minimum atomic E-state index is 0.673. The van der Waals surface area contributed by atoms with Crippen molar-refractivity contribution in [1.82, 2.24) is 9.38 Å². The van der Waals surface area contributed by atoms with Gasteiger partial charge in [0.2, 0.25) is 0 Å². The third-order valence-corrected chi connectivity index (χ3v) is 3.46. The number of nitrogen functional groups attached to an aromatic ring is 1. The summed E-state index contributed by atoms with van der Waals surface area (Å²) < 4.78 is 2.95. The van der Waals surface area contributed by atoms with E-state index in [0.717, 1.165) is 21.4 Å². The zero-order chi connectivity index (χ0) is 12.7. The average Bonchev–Trinajstić information content (AvgIpc) is 2.67.